The number of aliphatic hydroxyl groups excluding tert-OH is 1. The summed E-state index contributed by atoms with van der Waals surface area (Å²) in [5.74, 6) is 0.890. The van der Waals surface area contributed by atoms with Crippen LogP contribution in [0.5, 0.6) is 0 Å². The van der Waals surface area contributed by atoms with Gasteiger partial charge >= 0.3 is 0 Å². The zero-order valence-electron chi connectivity index (χ0n) is 9.90. The monoisotopic (exact) mass is 295 g/mol. The van der Waals surface area contributed by atoms with Crippen LogP contribution in [-0.2, 0) is 6.61 Å². The van der Waals surface area contributed by atoms with Crippen LogP contribution in [0.2, 0.25) is 0 Å². The van der Waals surface area contributed by atoms with Crippen LogP contribution >= 0.6 is 15.9 Å². The first kappa shape index (κ1) is 11.5. The van der Waals surface area contributed by atoms with Gasteiger partial charge in [-0.3, -0.25) is 0 Å². The van der Waals surface area contributed by atoms with Gasteiger partial charge < -0.3 is 10.0 Å². The van der Waals surface area contributed by atoms with E-state index in [0.29, 0.717) is 0 Å². The number of halogens is 1. The third kappa shape index (κ3) is 2.66. The summed E-state index contributed by atoms with van der Waals surface area (Å²) in [6.45, 7) is 1.31. The number of hydrogen-bond donors (Lipinski definition) is 1. The third-order valence-electron chi connectivity index (χ3n) is 3.67. The molecule has 0 aliphatic heterocycles. The predicted octanol–water partition coefficient (Wildman–Crippen LogP) is 3.32. The lowest BCUT2D eigenvalue weighted by atomic mass is 10.1. The van der Waals surface area contributed by atoms with E-state index in [1.165, 1.54) is 37.9 Å². The number of benzene rings is 1. The molecule has 2 fully saturated rings. The second-order valence-corrected chi connectivity index (χ2v) is 6.17. The summed E-state index contributed by atoms with van der Waals surface area (Å²) in [5, 5.41) is 9.47. The van der Waals surface area contributed by atoms with Crippen molar-refractivity contribution in [2.75, 3.05) is 11.4 Å². The van der Waals surface area contributed by atoms with Gasteiger partial charge in [0, 0.05) is 28.3 Å². The Morgan fingerprint density at radius 1 is 1.24 bits per heavy atom. The highest BCUT2D eigenvalue weighted by molar-refractivity contribution is 9.10. The maximum atomic E-state index is 9.47. The van der Waals surface area contributed by atoms with E-state index in [0.717, 1.165) is 22.0 Å². The van der Waals surface area contributed by atoms with Gasteiger partial charge in [0.25, 0.3) is 0 Å². The number of aliphatic hydroxyl groups is 1. The molecule has 2 aliphatic carbocycles. The van der Waals surface area contributed by atoms with Crippen LogP contribution in [0.1, 0.15) is 31.2 Å². The van der Waals surface area contributed by atoms with Gasteiger partial charge in [-0.2, -0.15) is 0 Å². The van der Waals surface area contributed by atoms with Crippen LogP contribution in [-0.4, -0.2) is 17.7 Å². The van der Waals surface area contributed by atoms with Gasteiger partial charge in [-0.05, 0) is 43.7 Å². The first-order chi connectivity index (χ1) is 8.28. The molecule has 0 atom stereocenters. The fourth-order valence-corrected chi connectivity index (χ4v) is 2.70. The van der Waals surface area contributed by atoms with Crippen molar-refractivity contribution in [2.24, 2.45) is 5.92 Å². The van der Waals surface area contributed by atoms with Gasteiger partial charge in [-0.25, -0.2) is 0 Å². The standard InChI is InChI=1S/C14H18BrNO/c15-12-4-3-11(9-17)14(7-12)16(13-5-6-13)8-10-1-2-10/h3-4,7,10,13,17H,1-2,5-6,8-9H2. The van der Waals surface area contributed by atoms with Gasteiger partial charge in [0.15, 0.2) is 0 Å². The van der Waals surface area contributed by atoms with E-state index in [4.69, 9.17) is 0 Å². The quantitative estimate of drug-likeness (QED) is 0.901. The molecule has 0 radical (unpaired) electrons. The highest BCUT2D eigenvalue weighted by Crippen LogP contribution is 2.39. The molecule has 0 bridgehead atoms. The van der Waals surface area contributed by atoms with Gasteiger partial charge in [-0.15, -0.1) is 0 Å². The molecular formula is C14H18BrNO. The minimum Gasteiger partial charge on any atom is -0.392 e. The smallest absolute Gasteiger partial charge is 0.0702 e. The molecule has 1 N–H and O–H groups in total. The SMILES string of the molecule is OCc1ccc(Br)cc1N(CC1CC1)C1CC1. The van der Waals surface area contributed by atoms with Crippen molar-refractivity contribution in [1.29, 1.82) is 0 Å². The lowest BCUT2D eigenvalue weighted by molar-refractivity contribution is 0.282. The Morgan fingerprint density at radius 2 is 2.00 bits per heavy atom. The molecule has 0 aromatic heterocycles. The molecule has 92 valence electrons. The normalized spacial score (nSPS) is 19.4. The first-order valence-corrected chi connectivity index (χ1v) is 7.23. The molecule has 2 saturated carbocycles. The predicted molar refractivity (Wildman–Crippen MR) is 73.2 cm³/mol. The maximum absolute atomic E-state index is 9.47. The molecule has 0 saturated heterocycles. The Balaban J connectivity index is 1.89. The zero-order valence-corrected chi connectivity index (χ0v) is 11.5. The molecule has 2 aliphatic rings. The second-order valence-electron chi connectivity index (χ2n) is 5.26. The van der Waals surface area contributed by atoms with Crippen LogP contribution in [0.3, 0.4) is 0 Å². The second kappa shape index (κ2) is 4.62. The van der Waals surface area contributed by atoms with E-state index in [-0.39, 0.29) is 6.61 Å². The van der Waals surface area contributed by atoms with E-state index in [1.54, 1.807) is 0 Å². The zero-order chi connectivity index (χ0) is 11.8. The Hall–Kier alpha value is -0.540. The average molecular weight is 296 g/mol. The minimum atomic E-state index is 0.135. The molecule has 3 heteroatoms. The number of nitrogens with zero attached hydrogens (tertiary/aromatic N) is 1. The molecular weight excluding hydrogens is 278 g/mol. The Labute approximate surface area is 111 Å². The number of rotatable bonds is 5. The lowest BCUT2D eigenvalue weighted by Crippen LogP contribution is -2.29. The van der Waals surface area contributed by atoms with Gasteiger partial charge in [-0.1, -0.05) is 22.0 Å². The third-order valence-corrected chi connectivity index (χ3v) is 4.16. The first-order valence-electron chi connectivity index (χ1n) is 6.44. The van der Waals surface area contributed by atoms with Crippen molar-refractivity contribution in [3.05, 3.63) is 28.2 Å². The summed E-state index contributed by atoms with van der Waals surface area (Å²) < 4.78 is 1.10. The topological polar surface area (TPSA) is 23.5 Å². The Kier molecular flexibility index (Phi) is 3.14. The lowest BCUT2D eigenvalue weighted by Gasteiger charge is -2.27. The van der Waals surface area contributed by atoms with Crippen LogP contribution in [0, 0.1) is 5.92 Å². The average Bonchev–Trinajstić information content (AvgIpc) is 3.17. The highest BCUT2D eigenvalue weighted by atomic mass is 79.9. The highest BCUT2D eigenvalue weighted by Gasteiger charge is 2.34. The number of anilines is 1. The van der Waals surface area contributed by atoms with Crippen LogP contribution in [0.25, 0.3) is 0 Å². The molecule has 2 nitrogen and oxygen atoms in total. The van der Waals surface area contributed by atoms with Crippen molar-refractivity contribution in [3.8, 4) is 0 Å². The van der Waals surface area contributed by atoms with Crippen molar-refractivity contribution in [1.82, 2.24) is 0 Å². The summed E-state index contributed by atoms with van der Waals surface area (Å²) in [4.78, 5) is 2.52. The molecule has 3 rings (SSSR count). The molecule has 1 aromatic carbocycles. The maximum Gasteiger partial charge on any atom is 0.0702 e. The molecule has 0 heterocycles. The van der Waals surface area contributed by atoms with E-state index >= 15 is 0 Å². The van der Waals surface area contributed by atoms with Gasteiger partial charge in [0.2, 0.25) is 0 Å². The van der Waals surface area contributed by atoms with E-state index in [2.05, 4.69) is 26.9 Å². The Bertz CT molecular complexity index is 413. The summed E-state index contributed by atoms with van der Waals surface area (Å²) in [7, 11) is 0. The van der Waals surface area contributed by atoms with Gasteiger partial charge in [0.05, 0.1) is 6.61 Å². The Morgan fingerprint density at radius 3 is 2.59 bits per heavy atom. The van der Waals surface area contributed by atoms with E-state index < -0.39 is 0 Å². The molecule has 0 unspecified atom stereocenters. The minimum absolute atomic E-state index is 0.135. The van der Waals surface area contributed by atoms with Crippen molar-refractivity contribution >= 4 is 21.6 Å². The molecule has 1 aromatic rings. The van der Waals surface area contributed by atoms with Gasteiger partial charge in [0.1, 0.15) is 0 Å². The van der Waals surface area contributed by atoms with E-state index in [1.807, 2.05) is 12.1 Å². The fraction of sp³-hybridized carbons (Fsp3) is 0.571. The fourth-order valence-electron chi connectivity index (χ4n) is 2.35. The van der Waals surface area contributed by atoms with Crippen LogP contribution in [0.4, 0.5) is 5.69 Å². The molecule has 17 heavy (non-hydrogen) atoms. The summed E-state index contributed by atoms with van der Waals surface area (Å²) in [6.07, 6.45) is 5.38. The summed E-state index contributed by atoms with van der Waals surface area (Å²) in [5.41, 5.74) is 2.29. The van der Waals surface area contributed by atoms with Crippen LogP contribution in [0.15, 0.2) is 22.7 Å². The van der Waals surface area contributed by atoms with Crippen LogP contribution < -0.4 is 4.90 Å². The summed E-state index contributed by atoms with van der Waals surface area (Å²) in [6, 6.07) is 6.92. The largest absolute Gasteiger partial charge is 0.392 e. The molecule has 0 amide bonds. The van der Waals surface area contributed by atoms with Crippen molar-refractivity contribution in [2.45, 2.75) is 38.3 Å². The van der Waals surface area contributed by atoms with Crippen molar-refractivity contribution < 1.29 is 5.11 Å². The summed E-state index contributed by atoms with van der Waals surface area (Å²) >= 11 is 3.54. The molecule has 0 spiro atoms. The number of hydrogen-bond acceptors (Lipinski definition) is 2. The van der Waals surface area contributed by atoms with E-state index in [9.17, 15) is 5.11 Å². The van der Waals surface area contributed by atoms with Crippen molar-refractivity contribution in [3.63, 3.8) is 0 Å².